The average molecular weight is 483 g/mol. The van der Waals surface area contributed by atoms with E-state index < -0.39 is 30.6 Å². The number of oxime groups is 1. The third kappa shape index (κ3) is 5.88. The molecule has 2 aromatic rings. The van der Waals surface area contributed by atoms with Crippen molar-refractivity contribution in [3.63, 3.8) is 0 Å². The molecule has 1 aliphatic heterocycles. The number of likely N-dealkylation sites (tertiary alicyclic amines) is 1. The van der Waals surface area contributed by atoms with Crippen LogP contribution in [0.1, 0.15) is 29.2 Å². The number of hydrogen-bond acceptors (Lipinski definition) is 6. The second-order valence-corrected chi connectivity index (χ2v) is 7.67. The van der Waals surface area contributed by atoms with Crippen LogP contribution in [0.15, 0.2) is 47.6 Å². The zero-order valence-corrected chi connectivity index (χ0v) is 17.9. The second kappa shape index (κ2) is 10.5. The number of amides is 2. The zero-order chi connectivity index (χ0) is 24.1. The Kier molecular flexibility index (Phi) is 7.67. The van der Waals surface area contributed by atoms with Crippen LogP contribution in [0.4, 0.5) is 8.78 Å². The molecule has 0 aromatic heterocycles. The van der Waals surface area contributed by atoms with Crippen molar-refractivity contribution < 1.29 is 33.4 Å². The maximum absolute atomic E-state index is 12.7. The number of aliphatic hydroxyl groups is 1. The molecule has 1 heterocycles. The monoisotopic (exact) mass is 482 g/mol. The van der Waals surface area contributed by atoms with Crippen LogP contribution in [-0.4, -0.2) is 52.1 Å². The Labute approximate surface area is 192 Å². The summed E-state index contributed by atoms with van der Waals surface area (Å²) in [6.45, 7) is -2.66. The molecule has 1 aliphatic rings. The van der Waals surface area contributed by atoms with Crippen molar-refractivity contribution in [2.45, 2.75) is 31.7 Å². The van der Waals surface area contributed by atoms with Crippen LogP contribution in [0.3, 0.4) is 0 Å². The number of benzene rings is 2. The standard InChI is InChI=1S/C21H21ClF2N4O5/c22-14-7-13(8-15(9-14)33-21(23)24)17(29)20(31)28-6-5-16(28)19(30)26-10-11-1-3-12(4-2-11)18(25)27-32/h1-4,7-9,16-17,21,29,32H,5-6,10H2,(H2,25,27)(H,26,30). The number of amidine groups is 1. The van der Waals surface area contributed by atoms with Crippen molar-refractivity contribution in [3.05, 3.63) is 64.2 Å². The van der Waals surface area contributed by atoms with Gasteiger partial charge in [-0.05, 0) is 35.7 Å². The van der Waals surface area contributed by atoms with Gasteiger partial charge < -0.3 is 31.0 Å². The molecule has 2 amide bonds. The Morgan fingerprint density at radius 1 is 1.27 bits per heavy atom. The number of halogens is 3. The third-order valence-electron chi connectivity index (χ3n) is 5.10. The van der Waals surface area contributed by atoms with Crippen molar-refractivity contribution in [3.8, 4) is 5.75 Å². The fourth-order valence-electron chi connectivity index (χ4n) is 3.29. The predicted molar refractivity (Wildman–Crippen MR) is 114 cm³/mol. The highest BCUT2D eigenvalue weighted by atomic mass is 35.5. The van der Waals surface area contributed by atoms with Gasteiger partial charge in [0.15, 0.2) is 11.9 Å². The summed E-state index contributed by atoms with van der Waals surface area (Å²) in [5.41, 5.74) is 6.74. The topological polar surface area (TPSA) is 137 Å². The Hall–Kier alpha value is -3.44. The number of aliphatic hydroxyl groups excluding tert-OH is 1. The predicted octanol–water partition coefficient (Wildman–Crippen LogP) is 1.99. The summed E-state index contributed by atoms with van der Waals surface area (Å²) in [5.74, 6) is -1.50. The molecule has 9 nitrogen and oxygen atoms in total. The van der Waals surface area contributed by atoms with Crippen LogP contribution < -0.4 is 15.8 Å². The summed E-state index contributed by atoms with van der Waals surface area (Å²) in [7, 11) is 0. The smallest absolute Gasteiger partial charge is 0.387 e. The molecule has 0 spiro atoms. The van der Waals surface area contributed by atoms with Gasteiger partial charge in [0.25, 0.3) is 5.91 Å². The summed E-state index contributed by atoms with van der Waals surface area (Å²) in [5, 5.41) is 24.8. The molecule has 0 aliphatic carbocycles. The van der Waals surface area contributed by atoms with Crippen molar-refractivity contribution in [1.29, 1.82) is 0 Å². The maximum Gasteiger partial charge on any atom is 0.387 e. The van der Waals surface area contributed by atoms with Crippen LogP contribution >= 0.6 is 11.6 Å². The molecule has 176 valence electrons. The van der Waals surface area contributed by atoms with Crippen molar-refractivity contribution in [2.24, 2.45) is 10.9 Å². The van der Waals surface area contributed by atoms with E-state index in [0.717, 1.165) is 17.7 Å². The van der Waals surface area contributed by atoms with Gasteiger partial charge in [-0.3, -0.25) is 9.59 Å². The molecule has 2 unspecified atom stereocenters. The first kappa shape index (κ1) is 24.2. The van der Waals surface area contributed by atoms with Gasteiger partial charge in [0.1, 0.15) is 11.8 Å². The van der Waals surface area contributed by atoms with Gasteiger partial charge in [-0.1, -0.05) is 41.0 Å². The molecule has 33 heavy (non-hydrogen) atoms. The van der Waals surface area contributed by atoms with Crippen molar-refractivity contribution in [1.82, 2.24) is 10.2 Å². The lowest BCUT2D eigenvalue weighted by Gasteiger charge is -2.40. The minimum Gasteiger partial charge on any atom is -0.435 e. The molecular weight excluding hydrogens is 462 g/mol. The zero-order valence-electron chi connectivity index (χ0n) is 17.1. The molecule has 1 saturated heterocycles. The average Bonchev–Trinajstić information content (AvgIpc) is 2.75. The van der Waals surface area contributed by atoms with Gasteiger partial charge in [0.05, 0.1) is 0 Å². The lowest BCUT2D eigenvalue weighted by molar-refractivity contribution is -0.154. The van der Waals surface area contributed by atoms with Gasteiger partial charge >= 0.3 is 6.61 Å². The lowest BCUT2D eigenvalue weighted by atomic mass is 9.98. The second-order valence-electron chi connectivity index (χ2n) is 7.24. The van der Waals surface area contributed by atoms with E-state index in [1.165, 1.54) is 11.0 Å². The summed E-state index contributed by atoms with van der Waals surface area (Å²) < 4.78 is 29.2. The molecule has 12 heteroatoms. The van der Waals surface area contributed by atoms with E-state index >= 15 is 0 Å². The molecule has 2 atom stereocenters. The number of carbonyl (C=O) groups is 2. The summed E-state index contributed by atoms with van der Waals surface area (Å²) in [6.07, 6.45) is -1.30. The Bertz CT molecular complexity index is 1050. The first-order valence-electron chi connectivity index (χ1n) is 9.78. The van der Waals surface area contributed by atoms with E-state index in [1.807, 2.05) is 0 Å². The van der Waals surface area contributed by atoms with Gasteiger partial charge in [-0.15, -0.1) is 0 Å². The Morgan fingerprint density at radius 3 is 2.55 bits per heavy atom. The Balaban J connectivity index is 1.60. The molecule has 0 radical (unpaired) electrons. The van der Waals surface area contributed by atoms with E-state index in [9.17, 15) is 23.5 Å². The number of rotatable bonds is 8. The first-order valence-corrected chi connectivity index (χ1v) is 10.2. The number of ether oxygens (including phenoxy) is 1. The first-order chi connectivity index (χ1) is 15.7. The third-order valence-corrected chi connectivity index (χ3v) is 5.32. The number of alkyl halides is 2. The highest BCUT2D eigenvalue weighted by molar-refractivity contribution is 6.30. The van der Waals surface area contributed by atoms with Gasteiger partial charge in [0.2, 0.25) is 5.91 Å². The minimum atomic E-state index is -3.09. The normalized spacial score (nSPS) is 16.8. The number of nitrogens with two attached hydrogens (primary N) is 1. The van der Waals surface area contributed by atoms with Crippen LogP contribution in [0.2, 0.25) is 5.02 Å². The van der Waals surface area contributed by atoms with Crippen LogP contribution in [0.5, 0.6) is 5.75 Å². The highest BCUT2D eigenvalue weighted by Gasteiger charge is 2.40. The number of nitrogens with zero attached hydrogens (tertiary/aromatic N) is 2. The van der Waals surface area contributed by atoms with E-state index in [2.05, 4.69) is 15.2 Å². The fraction of sp³-hybridized carbons (Fsp3) is 0.286. The SMILES string of the molecule is N/C(=N/O)c1ccc(CNC(=O)C2CCN2C(=O)C(O)c2cc(Cl)cc(OC(F)F)c2)cc1. The van der Waals surface area contributed by atoms with Gasteiger partial charge in [0, 0.05) is 23.7 Å². The largest absolute Gasteiger partial charge is 0.435 e. The summed E-state index contributed by atoms with van der Waals surface area (Å²) in [6, 6.07) is 9.35. The molecule has 5 N–H and O–H groups in total. The molecule has 0 bridgehead atoms. The van der Waals surface area contributed by atoms with E-state index in [4.69, 9.17) is 22.5 Å². The summed E-state index contributed by atoms with van der Waals surface area (Å²) in [4.78, 5) is 26.5. The van der Waals surface area contributed by atoms with Gasteiger partial charge in [-0.2, -0.15) is 8.78 Å². The molecule has 1 fully saturated rings. The van der Waals surface area contributed by atoms with Gasteiger partial charge in [-0.25, -0.2) is 0 Å². The minimum absolute atomic E-state index is 0.00550. The quantitative estimate of drug-likeness (QED) is 0.196. The number of nitrogens with one attached hydrogen (secondary N) is 1. The summed E-state index contributed by atoms with van der Waals surface area (Å²) >= 11 is 5.87. The number of hydrogen-bond donors (Lipinski definition) is 4. The number of carbonyl (C=O) groups excluding carboxylic acids is 2. The Morgan fingerprint density at radius 2 is 1.97 bits per heavy atom. The highest BCUT2D eigenvalue weighted by Crippen LogP contribution is 2.29. The fourth-order valence-corrected chi connectivity index (χ4v) is 3.53. The van der Waals surface area contributed by atoms with Crippen LogP contribution in [-0.2, 0) is 16.1 Å². The van der Waals surface area contributed by atoms with E-state index in [0.29, 0.717) is 12.0 Å². The van der Waals surface area contributed by atoms with Crippen molar-refractivity contribution >= 4 is 29.3 Å². The molecule has 3 rings (SSSR count). The van der Waals surface area contributed by atoms with Crippen LogP contribution in [0, 0.1) is 0 Å². The van der Waals surface area contributed by atoms with Crippen LogP contribution in [0.25, 0.3) is 0 Å². The lowest BCUT2D eigenvalue weighted by Crippen LogP contribution is -2.59. The molecule has 0 saturated carbocycles. The maximum atomic E-state index is 12.7. The van der Waals surface area contributed by atoms with Crippen molar-refractivity contribution in [2.75, 3.05) is 6.54 Å². The molecule has 2 aromatic carbocycles. The van der Waals surface area contributed by atoms with E-state index in [-0.39, 0.29) is 35.3 Å². The molecular formula is C21H21ClF2N4O5. The van der Waals surface area contributed by atoms with E-state index in [1.54, 1.807) is 24.3 Å².